The van der Waals surface area contributed by atoms with Crippen molar-refractivity contribution in [3.63, 3.8) is 0 Å². The molecule has 218 valence electrons. The molecular formula is C30H42N4O6. The molecule has 0 aliphatic heterocycles. The van der Waals surface area contributed by atoms with Gasteiger partial charge in [0.2, 0.25) is 0 Å². The summed E-state index contributed by atoms with van der Waals surface area (Å²) in [5, 5.41) is 11.1. The molecule has 0 atom stereocenters. The van der Waals surface area contributed by atoms with E-state index in [-0.39, 0.29) is 24.1 Å². The summed E-state index contributed by atoms with van der Waals surface area (Å²) < 4.78 is 16.8. The summed E-state index contributed by atoms with van der Waals surface area (Å²) >= 11 is 0. The van der Waals surface area contributed by atoms with Gasteiger partial charge in [-0.25, -0.2) is 14.4 Å². The summed E-state index contributed by atoms with van der Waals surface area (Å²) in [7, 11) is 0. The Labute approximate surface area is 236 Å². The number of urea groups is 2. The number of hydrogen-bond acceptors (Lipinski definition) is 6. The fourth-order valence-electron chi connectivity index (χ4n) is 3.65. The molecule has 0 unspecified atom stereocenters. The number of carbonyl (C=O) groups excluding carboxylic acids is 3. The molecule has 0 heterocycles. The van der Waals surface area contributed by atoms with E-state index in [9.17, 15) is 14.4 Å². The number of benzene rings is 2. The van der Waals surface area contributed by atoms with E-state index >= 15 is 0 Å². The van der Waals surface area contributed by atoms with Crippen molar-refractivity contribution >= 4 is 29.4 Å². The monoisotopic (exact) mass is 554 g/mol. The van der Waals surface area contributed by atoms with Gasteiger partial charge in [0.25, 0.3) is 0 Å². The van der Waals surface area contributed by atoms with Crippen molar-refractivity contribution in [3.05, 3.63) is 72.3 Å². The van der Waals surface area contributed by atoms with Gasteiger partial charge in [0.15, 0.2) is 0 Å². The van der Waals surface area contributed by atoms with Gasteiger partial charge in [0, 0.05) is 36.0 Å². The Morgan fingerprint density at radius 1 is 0.775 bits per heavy atom. The number of rotatable bonds is 17. The lowest BCUT2D eigenvalue weighted by molar-refractivity contribution is -0.138. The zero-order valence-corrected chi connectivity index (χ0v) is 23.7. The number of anilines is 2. The van der Waals surface area contributed by atoms with Gasteiger partial charge in [0.05, 0.1) is 33.0 Å². The highest BCUT2D eigenvalue weighted by molar-refractivity contribution is 5.89. The van der Waals surface area contributed by atoms with Crippen molar-refractivity contribution in [1.82, 2.24) is 10.6 Å². The van der Waals surface area contributed by atoms with Crippen LogP contribution in [0.2, 0.25) is 0 Å². The van der Waals surface area contributed by atoms with Crippen LogP contribution in [0.25, 0.3) is 0 Å². The Hall–Kier alpha value is -3.89. The van der Waals surface area contributed by atoms with Gasteiger partial charge in [-0.2, -0.15) is 0 Å². The lowest BCUT2D eigenvalue weighted by Crippen LogP contribution is -2.35. The average Bonchev–Trinajstić information content (AvgIpc) is 2.93. The van der Waals surface area contributed by atoms with Crippen LogP contribution < -0.4 is 21.3 Å². The Morgan fingerprint density at radius 2 is 1.23 bits per heavy atom. The van der Waals surface area contributed by atoms with Crippen LogP contribution in [0.3, 0.4) is 0 Å². The SMILES string of the molecule is C=CC(=O)OCCCC(C)(COCCNC(=O)Nc1ccc(C)cc1)COCCNC(=O)Nc1ccc(C)cc1. The highest BCUT2D eigenvalue weighted by Gasteiger charge is 2.25. The number of amides is 4. The second kappa shape index (κ2) is 17.6. The maximum atomic E-state index is 12.1. The van der Waals surface area contributed by atoms with Crippen LogP contribution in [-0.4, -0.2) is 64.2 Å². The van der Waals surface area contributed by atoms with Crippen molar-refractivity contribution in [1.29, 1.82) is 0 Å². The third-order valence-electron chi connectivity index (χ3n) is 5.92. The molecule has 0 aliphatic rings. The summed E-state index contributed by atoms with van der Waals surface area (Å²) in [5.74, 6) is -0.459. The second-order valence-corrected chi connectivity index (χ2v) is 9.88. The van der Waals surface area contributed by atoms with E-state index in [1.54, 1.807) is 0 Å². The fraction of sp³-hybridized carbons (Fsp3) is 0.433. The van der Waals surface area contributed by atoms with E-state index in [1.807, 2.05) is 69.3 Å². The van der Waals surface area contributed by atoms with Crippen LogP contribution in [0, 0.1) is 19.3 Å². The van der Waals surface area contributed by atoms with Crippen LogP contribution in [0.5, 0.6) is 0 Å². The lowest BCUT2D eigenvalue weighted by Gasteiger charge is -2.29. The first-order valence-corrected chi connectivity index (χ1v) is 13.4. The molecule has 0 aromatic heterocycles. The zero-order chi connectivity index (χ0) is 29.2. The van der Waals surface area contributed by atoms with E-state index in [4.69, 9.17) is 14.2 Å². The van der Waals surface area contributed by atoms with E-state index in [0.29, 0.717) is 63.7 Å². The van der Waals surface area contributed by atoms with Gasteiger partial charge in [-0.3, -0.25) is 0 Å². The second-order valence-electron chi connectivity index (χ2n) is 9.88. The first kappa shape index (κ1) is 32.3. The van der Waals surface area contributed by atoms with Crippen molar-refractivity contribution in [2.45, 2.75) is 33.6 Å². The van der Waals surface area contributed by atoms with Gasteiger partial charge >= 0.3 is 18.0 Å². The lowest BCUT2D eigenvalue weighted by atomic mass is 9.87. The van der Waals surface area contributed by atoms with Crippen LogP contribution in [0.15, 0.2) is 61.2 Å². The third kappa shape index (κ3) is 13.8. The highest BCUT2D eigenvalue weighted by Crippen LogP contribution is 2.24. The van der Waals surface area contributed by atoms with Gasteiger partial charge in [-0.05, 0) is 51.0 Å². The molecule has 2 rings (SSSR count). The Bertz CT molecular complexity index is 1000. The molecule has 10 heteroatoms. The first-order valence-electron chi connectivity index (χ1n) is 13.4. The minimum Gasteiger partial charge on any atom is -0.463 e. The molecule has 4 N–H and O–H groups in total. The Morgan fingerprint density at radius 3 is 1.65 bits per heavy atom. The predicted octanol–water partition coefficient (Wildman–Crippen LogP) is 4.80. The van der Waals surface area contributed by atoms with Crippen molar-refractivity contribution in [2.24, 2.45) is 5.41 Å². The van der Waals surface area contributed by atoms with Gasteiger partial charge in [-0.1, -0.05) is 48.9 Å². The maximum absolute atomic E-state index is 12.1. The standard InChI is InChI=1S/C30H42N4O6/c1-5-27(35)40-18-6-15-30(4,21-38-19-16-31-28(36)33-25-11-7-23(2)8-12-25)22-39-20-17-32-29(37)34-26-13-9-24(3)10-14-26/h5,7-14H,1,6,15-22H2,2-4H3,(H2,31,33,36)(H2,32,34,37). The summed E-state index contributed by atoms with van der Waals surface area (Å²) in [6.07, 6.45) is 2.44. The van der Waals surface area contributed by atoms with Crippen molar-refractivity contribution < 1.29 is 28.6 Å². The molecule has 0 saturated carbocycles. The first-order chi connectivity index (χ1) is 19.2. The molecule has 10 nitrogen and oxygen atoms in total. The van der Waals surface area contributed by atoms with Gasteiger partial charge in [0.1, 0.15) is 0 Å². The smallest absolute Gasteiger partial charge is 0.330 e. The predicted molar refractivity (Wildman–Crippen MR) is 157 cm³/mol. The van der Waals surface area contributed by atoms with Crippen LogP contribution >= 0.6 is 0 Å². The summed E-state index contributed by atoms with van der Waals surface area (Å²) in [5.41, 5.74) is 3.30. The van der Waals surface area contributed by atoms with Crippen molar-refractivity contribution in [3.8, 4) is 0 Å². The van der Waals surface area contributed by atoms with Crippen LogP contribution in [0.4, 0.5) is 21.0 Å². The molecule has 2 aromatic carbocycles. The number of hydrogen-bond donors (Lipinski definition) is 4. The number of carbonyl (C=O) groups is 3. The maximum Gasteiger partial charge on any atom is 0.330 e. The third-order valence-corrected chi connectivity index (χ3v) is 5.92. The van der Waals surface area contributed by atoms with Gasteiger partial charge in [-0.15, -0.1) is 0 Å². The number of ether oxygens (including phenoxy) is 3. The van der Waals surface area contributed by atoms with Crippen LogP contribution in [0.1, 0.15) is 30.9 Å². The fourth-order valence-corrected chi connectivity index (χ4v) is 3.65. The zero-order valence-electron chi connectivity index (χ0n) is 23.7. The quantitative estimate of drug-likeness (QED) is 0.126. The Balaban J connectivity index is 1.70. The highest BCUT2D eigenvalue weighted by atomic mass is 16.5. The summed E-state index contributed by atoms with van der Waals surface area (Å²) in [4.78, 5) is 35.5. The molecule has 40 heavy (non-hydrogen) atoms. The molecular weight excluding hydrogens is 512 g/mol. The van der Waals surface area contributed by atoms with E-state index in [2.05, 4.69) is 27.8 Å². The molecule has 0 radical (unpaired) electrons. The van der Waals surface area contributed by atoms with E-state index < -0.39 is 5.97 Å². The minimum absolute atomic E-state index is 0.266. The summed E-state index contributed by atoms with van der Waals surface area (Å²) in [6.45, 7) is 11.7. The molecule has 2 aromatic rings. The average molecular weight is 555 g/mol. The largest absolute Gasteiger partial charge is 0.463 e. The topological polar surface area (TPSA) is 127 Å². The van der Waals surface area contributed by atoms with Gasteiger partial charge < -0.3 is 35.5 Å². The van der Waals surface area contributed by atoms with Crippen LogP contribution in [-0.2, 0) is 19.0 Å². The van der Waals surface area contributed by atoms with E-state index in [1.165, 1.54) is 0 Å². The minimum atomic E-state index is -0.459. The molecule has 0 spiro atoms. The normalized spacial score (nSPS) is 10.9. The molecule has 0 saturated heterocycles. The molecule has 0 aliphatic carbocycles. The Kier molecular flexibility index (Phi) is 14.3. The molecule has 0 fully saturated rings. The van der Waals surface area contributed by atoms with Crippen molar-refractivity contribution in [2.75, 3.05) is 56.8 Å². The number of esters is 1. The molecule has 4 amide bonds. The summed E-state index contributed by atoms with van der Waals surface area (Å²) in [6, 6.07) is 14.5. The van der Waals surface area contributed by atoms with E-state index in [0.717, 1.165) is 17.2 Å². The number of aryl methyl sites for hydroxylation is 2. The number of nitrogens with one attached hydrogen (secondary N) is 4. The molecule has 0 bridgehead atoms.